The zero-order valence-corrected chi connectivity index (χ0v) is 21.4. The first-order valence-electron chi connectivity index (χ1n) is 13.5. The van der Waals surface area contributed by atoms with Gasteiger partial charge in [0.25, 0.3) is 0 Å². The first-order valence-corrected chi connectivity index (χ1v) is 13.5. The Morgan fingerprint density at radius 1 is 0.487 bits per heavy atom. The van der Waals surface area contributed by atoms with Crippen LogP contribution in [0, 0.1) is 0 Å². The maximum atomic E-state index is 4.66. The Balaban J connectivity index is 1.53. The van der Waals surface area contributed by atoms with Gasteiger partial charge >= 0.3 is 0 Å². The summed E-state index contributed by atoms with van der Waals surface area (Å²) >= 11 is 0. The van der Waals surface area contributed by atoms with E-state index < -0.39 is 5.41 Å². The van der Waals surface area contributed by atoms with Crippen molar-refractivity contribution in [1.82, 2.24) is 4.98 Å². The lowest BCUT2D eigenvalue weighted by Crippen LogP contribution is -2.62. The van der Waals surface area contributed by atoms with Crippen molar-refractivity contribution in [2.24, 2.45) is 0 Å². The topological polar surface area (TPSA) is 16.1 Å². The molecule has 0 unspecified atom stereocenters. The molecule has 0 fully saturated rings. The van der Waals surface area contributed by atoms with E-state index in [-0.39, 0.29) is 6.71 Å². The zero-order valence-electron chi connectivity index (χ0n) is 21.4. The summed E-state index contributed by atoms with van der Waals surface area (Å²) in [5.74, 6) is 0. The Bertz CT molecular complexity index is 1600. The van der Waals surface area contributed by atoms with Gasteiger partial charge in [0.1, 0.15) is 0 Å². The molecule has 8 rings (SSSR count). The van der Waals surface area contributed by atoms with Gasteiger partial charge in [-0.1, -0.05) is 132 Å². The second kappa shape index (κ2) is 8.57. The van der Waals surface area contributed by atoms with E-state index >= 15 is 0 Å². The predicted octanol–water partition coefficient (Wildman–Crippen LogP) is 6.08. The number of anilines is 3. The number of aromatic nitrogens is 1. The van der Waals surface area contributed by atoms with E-state index in [1.165, 1.54) is 44.3 Å². The molecule has 0 atom stereocenters. The number of benzene rings is 5. The highest BCUT2D eigenvalue weighted by Crippen LogP contribution is 2.57. The Labute approximate surface area is 229 Å². The molecule has 0 aliphatic carbocycles. The molecule has 5 aromatic carbocycles. The number of fused-ring (bicyclic) bond motifs is 8. The number of para-hydroxylation sites is 2. The van der Waals surface area contributed by atoms with Crippen LogP contribution in [0.4, 0.5) is 17.1 Å². The third-order valence-corrected chi connectivity index (χ3v) is 8.49. The van der Waals surface area contributed by atoms with Crippen LogP contribution in [0.2, 0.25) is 0 Å². The fourth-order valence-electron chi connectivity index (χ4n) is 7.08. The van der Waals surface area contributed by atoms with Crippen LogP contribution in [0.15, 0.2) is 152 Å². The minimum absolute atomic E-state index is 0.161. The fraction of sp³-hybridized carbons (Fsp3) is 0.0278. The Kier molecular flexibility index (Phi) is 4.87. The summed E-state index contributed by atoms with van der Waals surface area (Å²) in [6.07, 6.45) is 3.99. The minimum Gasteiger partial charge on any atom is -0.308 e. The standard InChI is InChI=1S/C36H25BN2/c1-3-13-26(14-4-1)37-32-20-10-7-17-28(32)36(29-18-8-11-21-33(29)37)30-19-9-12-22-34(30)39(27-15-5-2-6-16-27)35-25-38-24-23-31(35)36/h1-25H. The average Bonchev–Trinajstić information content (AvgIpc) is 3.02. The molecular weight excluding hydrogens is 471 g/mol. The van der Waals surface area contributed by atoms with Crippen molar-refractivity contribution in [1.29, 1.82) is 0 Å². The largest absolute Gasteiger partial charge is 0.308 e. The summed E-state index contributed by atoms with van der Waals surface area (Å²) in [4.78, 5) is 7.03. The molecule has 1 spiro atoms. The molecule has 0 saturated carbocycles. The van der Waals surface area contributed by atoms with Gasteiger partial charge in [-0.3, -0.25) is 4.98 Å². The third kappa shape index (κ3) is 3.02. The number of pyridine rings is 1. The highest BCUT2D eigenvalue weighted by molar-refractivity contribution is 6.96. The lowest BCUT2D eigenvalue weighted by Gasteiger charge is -2.50. The van der Waals surface area contributed by atoms with E-state index in [4.69, 9.17) is 0 Å². The van der Waals surface area contributed by atoms with Gasteiger partial charge in [-0.2, -0.15) is 0 Å². The smallest absolute Gasteiger partial charge is 0.242 e. The third-order valence-electron chi connectivity index (χ3n) is 8.49. The van der Waals surface area contributed by atoms with Gasteiger partial charge in [-0.05, 0) is 46.5 Å². The fourth-order valence-corrected chi connectivity index (χ4v) is 7.08. The summed E-state index contributed by atoms with van der Waals surface area (Å²) in [6, 6.07) is 50.9. The van der Waals surface area contributed by atoms with E-state index in [0.29, 0.717) is 0 Å². The highest BCUT2D eigenvalue weighted by Gasteiger charge is 2.52. The summed E-state index contributed by atoms with van der Waals surface area (Å²) in [5, 5.41) is 0. The molecule has 2 aliphatic heterocycles. The van der Waals surface area contributed by atoms with Crippen LogP contribution in [0.25, 0.3) is 0 Å². The van der Waals surface area contributed by atoms with Crippen molar-refractivity contribution in [2.75, 3.05) is 4.90 Å². The summed E-state index contributed by atoms with van der Waals surface area (Å²) in [5.41, 5.74) is 12.2. The van der Waals surface area contributed by atoms with Gasteiger partial charge in [0, 0.05) is 11.9 Å². The first-order chi connectivity index (χ1) is 19.4. The molecule has 0 radical (unpaired) electrons. The second-order valence-electron chi connectivity index (χ2n) is 10.3. The molecule has 182 valence electrons. The van der Waals surface area contributed by atoms with Gasteiger partial charge in [0.2, 0.25) is 6.71 Å². The van der Waals surface area contributed by atoms with Crippen LogP contribution in [0.3, 0.4) is 0 Å². The van der Waals surface area contributed by atoms with Gasteiger partial charge < -0.3 is 4.90 Å². The quantitative estimate of drug-likeness (QED) is 0.270. The molecule has 3 heterocycles. The number of rotatable bonds is 2. The van der Waals surface area contributed by atoms with Crippen LogP contribution >= 0.6 is 0 Å². The maximum Gasteiger partial charge on any atom is 0.242 e. The number of hydrogen-bond acceptors (Lipinski definition) is 2. The molecular formula is C36H25BN2. The minimum atomic E-state index is -0.474. The van der Waals surface area contributed by atoms with Crippen LogP contribution < -0.4 is 21.3 Å². The molecule has 0 amide bonds. The monoisotopic (exact) mass is 496 g/mol. The van der Waals surface area contributed by atoms with Crippen molar-refractivity contribution in [2.45, 2.75) is 5.41 Å². The van der Waals surface area contributed by atoms with E-state index in [0.717, 1.165) is 11.4 Å². The van der Waals surface area contributed by atoms with Crippen LogP contribution in [0.1, 0.15) is 22.3 Å². The molecule has 0 N–H and O–H groups in total. The Morgan fingerprint density at radius 2 is 1.03 bits per heavy atom. The molecule has 6 aromatic rings. The summed E-state index contributed by atoms with van der Waals surface area (Å²) < 4.78 is 0. The molecule has 2 aliphatic rings. The lowest BCUT2D eigenvalue weighted by atomic mass is 9.30. The predicted molar refractivity (Wildman–Crippen MR) is 162 cm³/mol. The van der Waals surface area contributed by atoms with Gasteiger partial charge in [-0.15, -0.1) is 0 Å². The Hall–Kier alpha value is -4.89. The normalized spacial score (nSPS) is 14.3. The molecule has 39 heavy (non-hydrogen) atoms. The van der Waals surface area contributed by atoms with E-state index in [1.54, 1.807) is 0 Å². The zero-order chi connectivity index (χ0) is 25.8. The van der Waals surface area contributed by atoms with Crippen molar-refractivity contribution in [3.05, 3.63) is 174 Å². The van der Waals surface area contributed by atoms with Crippen LogP contribution in [-0.2, 0) is 5.41 Å². The molecule has 0 saturated heterocycles. The van der Waals surface area contributed by atoms with Crippen molar-refractivity contribution in [3.63, 3.8) is 0 Å². The van der Waals surface area contributed by atoms with Crippen molar-refractivity contribution >= 4 is 40.2 Å². The van der Waals surface area contributed by atoms with Gasteiger partial charge in [-0.25, -0.2) is 0 Å². The molecule has 0 bridgehead atoms. The highest BCUT2D eigenvalue weighted by atomic mass is 15.2. The summed E-state index contributed by atoms with van der Waals surface area (Å²) in [7, 11) is 0. The second-order valence-corrected chi connectivity index (χ2v) is 10.3. The molecule has 2 nitrogen and oxygen atoms in total. The van der Waals surface area contributed by atoms with E-state index in [2.05, 4.69) is 149 Å². The SMILES string of the molecule is c1ccc(B2c3ccccc3C3(c4ccccc42)c2ccccc2N(c2ccccc2)c2cnccc23)cc1. The summed E-state index contributed by atoms with van der Waals surface area (Å²) in [6.45, 7) is 0.161. The molecule has 1 aromatic heterocycles. The van der Waals surface area contributed by atoms with Crippen molar-refractivity contribution in [3.8, 4) is 0 Å². The number of hydrogen-bond donors (Lipinski definition) is 0. The first kappa shape index (κ1) is 22.1. The van der Waals surface area contributed by atoms with Gasteiger partial charge in [0.15, 0.2) is 0 Å². The average molecular weight is 496 g/mol. The van der Waals surface area contributed by atoms with Crippen LogP contribution in [-0.4, -0.2) is 11.7 Å². The van der Waals surface area contributed by atoms with E-state index in [9.17, 15) is 0 Å². The van der Waals surface area contributed by atoms with Gasteiger partial charge in [0.05, 0.1) is 23.0 Å². The maximum absolute atomic E-state index is 4.66. The van der Waals surface area contributed by atoms with Crippen molar-refractivity contribution < 1.29 is 0 Å². The lowest BCUT2D eigenvalue weighted by molar-refractivity contribution is 0.734. The number of nitrogens with zero attached hydrogens (tertiary/aromatic N) is 2. The molecule has 3 heteroatoms. The Morgan fingerprint density at radius 3 is 1.72 bits per heavy atom. The van der Waals surface area contributed by atoms with Crippen LogP contribution in [0.5, 0.6) is 0 Å². The van der Waals surface area contributed by atoms with E-state index in [1.807, 2.05) is 12.4 Å².